The number of pyridine rings is 1. The topological polar surface area (TPSA) is 123 Å². The van der Waals surface area contributed by atoms with Gasteiger partial charge >= 0.3 is 5.97 Å². The molecule has 1 saturated heterocycles. The molecular formula is C25H28Cl2FN3O5S. The molecule has 2 heterocycles. The van der Waals surface area contributed by atoms with Crippen molar-refractivity contribution < 1.29 is 27.4 Å². The van der Waals surface area contributed by atoms with E-state index in [1.807, 2.05) is 13.0 Å². The SMILES string of the molecule is CCc1ccc(OC2(c3ccc(F)cc3)CN(S(=O)(=O)c3cccc(C[C@H](N)C(=O)O)c3)C2)cn1.Cl.Cl. The maximum absolute atomic E-state index is 13.6. The number of aromatic nitrogens is 1. The van der Waals surface area contributed by atoms with E-state index in [9.17, 15) is 17.6 Å². The average Bonchev–Trinajstić information content (AvgIpc) is 2.82. The van der Waals surface area contributed by atoms with E-state index in [4.69, 9.17) is 15.6 Å². The van der Waals surface area contributed by atoms with Crippen LogP contribution in [0.5, 0.6) is 5.75 Å². The summed E-state index contributed by atoms with van der Waals surface area (Å²) in [6.07, 6.45) is 2.37. The van der Waals surface area contributed by atoms with Gasteiger partial charge in [0.2, 0.25) is 10.0 Å². The second-order valence-corrected chi connectivity index (χ2v) is 10.4. The van der Waals surface area contributed by atoms with Gasteiger partial charge in [-0.3, -0.25) is 9.78 Å². The van der Waals surface area contributed by atoms with Crippen LogP contribution in [0.1, 0.15) is 23.7 Å². The lowest BCUT2D eigenvalue weighted by Gasteiger charge is -2.48. The predicted molar refractivity (Wildman–Crippen MR) is 141 cm³/mol. The number of benzene rings is 2. The van der Waals surface area contributed by atoms with Gasteiger partial charge in [0, 0.05) is 5.69 Å². The summed E-state index contributed by atoms with van der Waals surface area (Å²) in [5, 5.41) is 9.05. The third-order valence-electron chi connectivity index (χ3n) is 6.02. The lowest BCUT2D eigenvalue weighted by molar-refractivity contribution is -0.138. The van der Waals surface area contributed by atoms with Gasteiger partial charge in [0.1, 0.15) is 17.6 Å². The van der Waals surface area contributed by atoms with Crippen molar-refractivity contribution in [3.63, 3.8) is 0 Å². The normalized spacial score (nSPS) is 15.4. The van der Waals surface area contributed by atoms with Crippen LogP contribution in [0.3, 0.4) is 0 Å². The largest absolute Gasteiger partial charge is 0.480 e. The molecule has 8 nitrogen and oxygen atoms in total. The predicted octanol–water partition coefficient (Wildman–Crippen LogP) is 3.56. The number of rotatable bonds is 9. The molecule has 0 aliphatic carbocycles. The molecule has 0 bridgehead atoms. The van der Waals surface area contributed by atoms with Crippen LogP contribution in [0, 0.1) is 5.82 Å². The smallest absolute Gasteiger partial charge is 0.320 e. The Bertz CT molecular complexity index is 1320. The van der Waals surface area contributed by atoms with Gasteiger partial charge in [-0.2, -0.15) is 4.31 Å². The van der Waals surface area contributed by atoms with Gasteiger partial charge in [-0.15, -0.1) is 24.8 Å². The lowest BCUT2D eigenvalue weighted by Crippen LogP contribution is -2.64. The zero-order valence-electron chi connectivity index (χ0n) is 19.9. The molecule has 37 heavy (non-hydrogen) atoms. The molecule has 1 aromatic heterocycles. The van der Waals surface area contributed by atoms with Crippen molar-refractivity contribution in [2.75, 3.05) is 13.1 Å². The number of nitrogens with two attached hydrogens (primary N) is 1. The first-order chi connectivity index (χ1) is 16.6. The number of carbonyl (C=O) groups is 1. The van der Waals surface area contributed by atoms with Crippen molar-refractivity contribution in [3.8, 4) is 5.75 Å². The van der Waals surface area contributed by atoms with Crippen molar-refractivity contribution in [1.82, 2.24) is 9.29 Å². The van der Waals surface area contributed by atoms with Gasteiger partial charge in [-0.25, -0.2) is 12.8 Å². The van der Waals surface area contributed by atoms with Gasteiger partial charge in [0.05, 0.1) is 24.2 Å². The molecule has 2 aromatic carbocycles. The Morgan fingerprint density at radius 2 is 1.84 bits per heavy atom. The molecule has 1 aliphatic heterocycles. The van der Waals surface area contributed by atoms with Crippen molar-refractivity contribution in [3.05, 3.63) is 89.5 Å². The maximum Gasteiger partial charge on any atom is 0.320 e. The fraction of sp³-hybridized carbons (Fsp3) is 0.280. The molecule has 3 aromatic rings. The molecule has 0 saturated carbocycles. The monoisotopic (exact) mass is 571 g/mol. The summed E-state index contributed by atoms with van der Waals surface area (Å²) in [7, 11) is -3.90. The number of halogens is 3. The van der Waals surface area contributed by atoms with Gasteiger partial charge in [0.25, 0.3) is 0 Å². The van der Waals surface area contributed by atoms with E-state index in [1.165, 1.54) is 28.6 Å². The molecule has 0 spiro atoms. The summed E-state index contributed by atoms with van der Waals surface area (Å²) >= 11 is 0. The number of hydrogen-bond acceptors (Lipinski definition) is 6. The minimum absolute atomic E-state index is 0. The lowest BCUT2D eigenvalue weighted by atomic mass is 9.87. The number of ether oxygens (including phenoxy) is 1. The third kappa shape index (κ3) is 6.58. The summed E-state index contributed by atoms with van der Waals surface area (Å²) in [5.41, 5.74) is 6.63. The van der Waals surface area contributed by atoms with E-state index in [2.05, 4.69) is 4.98 Å². The summed E-state index contributed by atoms with van der Waals surface area (Å²) < 4.78 is 47.8. The van der Waals surface area contributed by atoms with E-state index < -0.39 is 33.5 Å². The molecule has 200 valence electrons. The fourth-order valence-electron chi connectivity index (χ4n) is 3.98. The maximum atomic E-state index is 13.6. The van der Waals surface area contributed by atoms with E-state index >= 15 is 0 Å². The Kier molecular flexibility index (Phi) is 10.0. The Morgan fingerprint density at radius 3 is 2.41 bits per heavy atom. The van der Waals surface area contributed by atoms with Crippen LogP contribution in [-0.4, -0.2) is 47.9 Å². The molecule has 1 atom stereocenters. The van der Waals surface area contributed by atoms with Gasteiger partial charge in [-0.1, -0.05) is 31.2 Å². The van der Waals surface area contributed by atoms with Crippen LogP contribution in [0.2, 0.25) is 0 Å². The second-order valence-electron chi connectivity index (χ2n) is 8.51. The zero-order valence-corrected chi connectivity index (χ0v) is 22.4. The first-order valence-electron chi connectivity index (χ1n) is 11.1. The molecule has 1 fully saturated rings. The summed E-state index contributed by atoms with van der Waals surface area (Å²) in [6.45, 7) is 2.01. The number of aliphatic carboxylic acids is 1. The number of hydrogen-bond donors (Lipinski definition) is 2. The number of aryl methyl sites for hydroxylation is 1. The summed E-state index contributed by atoms with van der Waals surface area (Å²) in [6, 6.07) is 14.4. The standard InChI is InChI=1S/C25H26FN3O5S.2ClH/c1-2-20-10-11-21(14-28-20)34-25(18-6-8-19(26)9-7-18)15-29(16-25)35(32,33)22-5-3-4-17(12-22)13-23(27)24(30)31;;/h3-12,14,23H,2,13,15-16,27H2,1H3,(H,30,31);2*1H/t23-;;/m0../s1. The van der Waals surface area contributed by atoms with E-state index in [1.54, 1.807) is 36.5 Å². The molecule has 4 rings (SSSR count). The summed E-state index contributed by atoms with van der Waals surface area (Å²) in [5.74, 6) is -1.09. The van der Waals surface area contributed by atoms with Crippen LogP contribution < -0.4 is 10.5 Å². The molecule has 0 amide bonds. The third-order valence-corrected chi connectivity index (χ3v) is 7.80. The Morgan fingerprint density at radius 1 is 1.16 bits per heavy atom. The Hall–Kier alpha value is -2.76. The minimum Gasteiger partial charge on any atom is -0.480 e. The van der Waals surface area contributed by atoms with Crippen LogP contribution in [0.15, 0.2) is 71.8 Å². The zero-order chi connectivity index (χ0) is 25.2. The van der Waals surface area contributed by atoms with Gasteiger partial charge in [0.15, 0.2) is 5.60 Å². The molecule has 12 heteroatoms. The number of sulfonamides is 1. The van der Waals surface area contributed by atoms with Crippen LogP contribution in [0.4, 0.5) is 4.39 Å². The Balaban J connectivity index is 0.00000241. The fourth-order valence-corrected chi connectivity index (χ4v) is 5.59. The molecule has 0 radical (unpaired) electrons. The van der Waals surface area contributed by atoms with Crippen molar-refractivity contribution in [1.29, 1.82) is 0 Å². The molecule has 1 aliphatic rings. The first-order valence-corrected chi connectivity index (χ1v) is 12.5. The highest BCUT2D eigenvalue weighted by Crippen LogP contribution is 2.40. The van der Waals surface area contributed by atoms with Gasteiger partial charge in [-0.05, 0) is 60.4 Å². The van der Waals surface area contributed by atoms with E-state index in [-0.39, 0.29) is 49.2 Å². The minimum atomic E-state index is -3.90. The number of nitrogens with zero attached hydrogens (tertiary/aromatic N) is 2. The van der Waals surface area contributed by atoms with Crippen LogP contribution in [0.25, 0.3) is 0 Å². The highest BCUT2D eigenvalue weighted by Gasteiger charge is 2.52. The number of carboxylic acids is 1. The van der Waals surface area contributed by atoms with Crippen molar-refractivity contribution in [2.24, 2.45) is 5.73 Å². The molecular weight excluding hydrogens is 544 g/mol. The average molecular weight is 572 g/mol. The van der Waals surface area contributed by atoms with Crippen LogP contribution >= 0.6 is 24.8 Å². The Labute approximate surface area is 227 Å². The van der Waals surface area contributed by atoms with Crippen LogP contribution in [-0.2, 0) is 33.3 Å². The molecule has 0 unspecified atom stereocenters. The highest BCUT2D eigenvalue weighted by atomic mass is 35.5. The summed E-state index contributed by atoms with van der Waals surface area (Å²) in [4.78, 5) is 15.4. The van der Waals surface area contributed by atoms with E-state index in [0.717, 1.165) is 12.1 Å². The van der Waals surface area contributed by atoms with Crippen molar-refractivity contribution >= 4 is 40.8 Å². The first kappa shape index (κ1) is 30.5. The number of carboxylic acid groups (broad SMARTS) is 1. The highest BCUT2D eigenvalue weighted by molar-refractivity contribution is 7.89. The van der Waals surface area contributed by atoms with E-state index in [0.29, 0.717) is 16.9 Å². The second kappa shape index (κ2) is 12.2. The van der Waals surface area contributed by atoms with Crippen molar-refractivity contribution in [2.45, 2.75) is 36.3 Å². The quantitative estimate of drug-likeness (QED) is 0.402. The molecule has 3 N–H and O–H groups in total. The van der Waals surface area contributed by atoms with Gasteiger partial charge < -0.3 is 15.6 Å².